The van der Waals surface area contributed by atoms with E-state index in [0.717, 1.165) is 9.87 Å². The van der Waals surface area contributed by atoms with Crippen LogP contribution in [-0.2, 0) is 26.2 Å². The summed E-state index contributed by atoms with van der Waals surface area (Å²) in [6.07, 6.45) is 0.962. The molecule has 7 nitrogen and oxygen atoms in total. The van der Waals surface area contributed by atoms with E-state index in [1.54, 1.807) is 37.3 Å². The van der Waals surface area contributed by atoms with Crippen LogP contribution in [0, 0.1) is 6.92 Å². The Morgan fingerprint density at radius 2 is 1.48 bits per heavy atom. The van der Waals surface area contributed by atoms with Crippen LogP contribution in [-0.4, -0.2) is 43.8 Å². The summed E-state index contributed by atoms with van der Waals surface area (Å²) in [5.41, 5.74) is 1.51. The summed E-state index contributed by atoms with van der Waals surface area (Å²) in [4.78, 5) is 28.9. The van der Waals surface area contributed by atoms with Crippen LogP contribution in [0.1, 0.15) is 44.7 Å². The van der Waals surface area contributed by atoms with Crippen LogP contribution in [0.15, 0.2) is 65.6 Å². The standard InChI is InChI=1S/C30H33Cl4N3O4S/c1-5-20(4)35-30(39)28(6-2)36(17-21-9-10-22(31)16-27(21)34)29(38)18-37(25-14-23(32)13-24(33)15-25)42(40,41)26-11-7-19(3)8-12-26/h7-16,20,28H,5-6,17-18H2,1-4H3,(H,35,39)/t20-,28-/m1/s1. The lowest BCUT2D eigenvalue weighted by Gasteiger charge is -2.34. The van der Waals surface area contributed by atoms with Gasteiger partial charge in [-0.3, -0.25) is 13.9 Å². The molecule has 1 N–H and O–H groups in total. The van der Waals surface area contributed by atoms with Gasteiger partial charge in [0.05, 0.1) is 10.6 Å². The molecule has 3 rings (SSSR count). The Labute approximate surface area is 267 Å². The summed E-state index contributed by atoms with van der Waals surface area (Å²) in [5.74, 6) is -0.983. The van der Waals surface area contributed by atoms with Gasteiger partial charge in [0, 0.05) is 32.7 Å². The predicted octanol–water partition coefficient (Wildman–Crippen LogP) is 7.53. The number of carbonyl (C=O) groups is 2. The molecule has 3 aromatic carbocycles. The lowest BCUT2D eigenvalue weighted by Crippen LogP contribution is -2.53. The van der Waals surface area contributed by atoms with E-state index in [-0.39, 0.29) is 45.5 Å². The third kappa shape index (κ3) is 8.54. The molecule has 3 aromatic rings. The van der Waals surface area contributed by atoms with Crippen molar-refractivity contribution >= 4 is 73.9 Å². The van der Waals surface area contributed by atoms with Gasteiger partial charge in [0.1, 0.15) is 12.6 Å². The van der Waals surface area contributed by atoms with Crippen LogP contribution >= 0.6 is 46.4 Å². The number of rotatable bonds is 12. The second-order valence-electron chi connectivity index (χ2n) is 9.95. The average Bonchev–Trinajstić information content (AvgIpc) is 2.92. The number of hydrogen-bond acceptors (Lipinski definition) is 4. The van der Waals surface area contributed by atoms with Crippen LogP contribution in [0.5, 0.6) is 0 Å². The predicted molar refractivity (Wildman–Crippen MR) is 171 cm³/mol. The van der Waals surface area contributed by atoms with E-state index in [4.69, 9.17) is 46.4 Å². The van der Waals surface area contributed by atoms with Gasteiger partial charge in [-0.1, -0.05) is 84.0 Å². The first-order valence-electron chi connectivity index (χ1n) is 13.4. The number of nitrogens with one attached hydrogen (secondary N) is 1. The van der Waals surface area contributed by atoms with Crippen molar-refractivity contribution in [3.63, 3.8) is 0 Å². The first-order chi connectivity index (χ1) is 19.8. The number of aryl methyl sites for hydroxylation is 1. The van der Waals surface area contributed by atoms with Gasteiger partial charge in [-0.05, 0) is 74.7 Å². The zero-order valence-corrected chi connectivity index (χ0v) is 27.5. The third-order valence-corrected chi connectivity index (χ3v) is 9.58. The zero-order chi connectivity index (χ0) is 31.2. The fraction of sp³-hybridized carbons (Fsp3) is 0.333. The van der Waals surface area contributed by atoms with Gasteiger partial charge < -0.3 is 10.2 Å². The Kier molecular flexibility index (Phi) is 12.0. The summed E-state index contributed by atoms with van der Waals surface area (Å²) >= 11 is 25.0. The number of sulfonamides is 1. The lowest BCUT2D eigenvalue weighted by atomic mass is 10.1. The third-order valence-electron chi connectivity index (χ3n) is 6.77. The van der Waals surface area contributed by atoms with Crippen molar-refractivity contribution in [2.75, 3.05) is 10.8 Å². The summed E-state index contributed by atoms with van der Waals surface area (Å²) in [5, 5.41) is 4.04. The molecule has 12 heteroatoms. The molecule has 0 heterocycles. The molecule has 42 heavy (non-hydrogen) atoms. The fourth-order valence-corrected chi connectivity index (χ4v) is 6.62. The first kappa shape index (κ1) is 34.0. The van der Waals surface area contributed by atoms with Crippen molar-refractivity contribution in [2.24, 2.45) is 0 Å². The highest BCUT2D eigenvalue weighted by Crippen LogP contribution is 2.31. The molecule has 0 aliphatic rings. The monoisotopic (exact) mass is 671 g/mol. The quantitative estimate of drug-likeness (QED) is 0.216. The van der Waals surface area contributed by atoms with Crippen molar-refractivity contribution in [1.82, 2.24) is 10.2 Å². The second-order valence-corrected chi connectivity index (χ2v) is 13.5. The molecule has 226 valence electrons. The number of halogens is 4. The van der Waals surface area contributed by atoms with Gasteiger partial charge in [0.15, 0.2) is 0 Å². The molecule has 0 bridgehead atoms. The van der Waals surface area contributed by atoms with Crippen molar-refractivity contribution in [1.29, 1.82) is 0 Å². The van der Waals surface area contributed by atoms with Crippen molar-refractivity contribution in [3.05, 3.63) is 91.9 Å². The smallest absolute Gasteiger partial charge is 0.264 e. The molecule has 0 fully saturated rings. The minimum Gasteiger partial charge on any atom is -0.352 e. The fourth-order valence-electron chi connectivity index (χ4n) is 4.24. The van der Waals surface area contributed by atoms with E-state index in [0.29, 0.717) is 22.0 Å². The second kappa shape index (κ2) is 14.8. The van der Waals surface area contributed by atoms with Crippen LogP contribution in [0.2, 0.25) is 20.1 Å². The van der Waals surface area contributed by atoms with E-state index in [1.807, 2.05) is 20.8 Å². The largest absolute Gasteiger partial charge is 0.352 e. The minimum atomic E-state index is -4.27. The Morgan fingerprint density at radius 1 is 0.857 bits per heavy atom. The highest BCUT2D eigenvalue weighted by Gasteiger charge is 2.34. The number of benzene rings is 3. The molecule has 2 atom stereocenters. The molecule has 2 amide bonds. The van der Waals surface area contributed by atoms with E-state index in [1.165, 1.54) is 35.2 Å². The van der Waals surface area contributed by atoms with Gasteiger partial charge in [0.2, 0.25) is 11.8 Å². The molecule has 0 aliphatic heterocycles. The van der Waals surface area contributed by atoms with Crippen molar-refractivity contribution < 1.29 is 18.0 Å². The normalized spacial score (nSPS) is 12.9. The summed E-state index contributed by atoms with van der Waals surface area (Å²) < 4.78 is 28.9. The number of anilines is 1. The lowest BCUT2D eigenvalue weighted by molar-refractivity contribution is -0.140. The topological polar surface area (TPSA) is 86.8 Å². The molecular weight excluding hydrogens is 640 g/mol. The van der Waals surface area contributed by atoms with Crippen LogP contribution < -0.4 is 9.62 Å². The van der Waals surface area contributed by atoms with Crippen molar-refractivity contribution in [2.45, 2.75) is 64.1 Å². The van der Waals surface area contributed by atoms with E-state index < -0.39 is 28.5 Å². The summed E-state index contributed by atoms with van der Waals surface area (Å²) in [6.45, 7) is 6.73. The SMILES string of the molecule is CC[C@@H](C)NC(=O)[C@@H](CC)N(Cc1ccc(Cl)cc1Cl)C(=O)CN(c1cc(Cl)cc(Cl)c1)S(=O)(=O)c1ccc(C)cc1. The van der Waals surface area contributed by atoms with Gasteiger partial charge in [-0.25, -0.2) is 8.42 Å². The number of nitrogens with zero attached hydrogens (tertiary/aromatic N) is 2. The molecule has 0 spiro atoms. The van der Waals surface area contributed by atoms with Gasteiger partial charge in [0.25, 0.3) is 10.0 Å². The van der Waals surface area contributed by atoms with E-state index in [2.05, 4.69) is 5.32 Å². The number of carbonyl (C=O) groups excluding carboxylic acids is 2. The van der Waals surface area contributed by atoms with Crippen LogP contribution in [0.3, 0.4) is 0 Å². The molecule has 0 radical (unpaired) electrons. The minimum absolute atomic E-state index is 0.0224. The number of hydrogen-bond donors (Lipinski definition) is 1. The Hall–Kier alpha value is -2.49. The van der Waals surface area contributed by atoms with E-state index in [9.17, 15) is 18.0 Å². The number of amides is 2. The molecule has 0 saturated heterocycles. The van der Waals surface area contributed by atoms with Gasteiger partial charge in [-0.2, -0.15) is 0 Å². The Bertz CT molecular complexity index is 1510. The molecular formula is C30H33Cl4N3O4S. The van der Waals surface area contributed by atoms with Gasteiger partial charge in [-0.15, -0.1) is 0 Å². The maximum atomic E-state index is 14.2. The van der Waals surface area contributed by atoms with Crippen LogP contribution in [0.4, 0.5) is 5.69 Å². The average molecular weight is 673 g/mol. The molecule has 0 unspecified atom stereocenters. The highest BCUT2D eigenvalue weighted by atomic mass is 35.5. The van der Waals surface area contributed by atoms with E-state index >= 15 is 0 Å². The zero-order valence-electron chi connectivity index (χ0n) is 23.7. The summed E-state index contributed by atoms with van der Waals surface area (Å²) in [6, 6.07) is 14.4. The summed E-state index contributed by atoms with van der Waals surface area (Å²) in [7, 11) is -4.27. The molecule has 0 saturated carbocycles. The maximum absolute atomic E-state index is 14.2. The molecule has 0 aromatic heterocycles. The van der Waals surface area contributed by atoms with Crippen LogP contribution in [0.25, 0.3) is 0 Å². The first-order valence-corrected chi connectivity index (χ1v) is 16.3. The molecule has 0 aliphatic carbocycles. The van der Waals surface area contributed by atoms with Crippen molar-refractivity contribution in [3.8, 4) is 0 Å². The van der Waals surface area contributed by atoms with Gasteiger partial charge >= 0.3 is 0 Å². The Morgan fingerprint density at radius 3 is 2.02 bits per heavy atom. The maximum Gasteiger partial charge on any atom is 0.264 e. The Balaban J connectivity index is 2.12. The highest BCUT2D eigenvalue weighted by molar-refractivity contribution is 7.92.